The average Bonchev–Trinajstić information content (AvgIpc) is 3.22. The summed E-state index contributed by atoms with van der Waals surface area (Å²) < 4.78 is 1.58. The van der Waals surface area contributed by atoms with E-state index in [1.54, 1.807) is 10.6 Å². The van der Waals surface area contributed by atoms with Crippen LogP contribution < -0.4 is 10.9 Å². The van der Waals surface area contributed by atoms with Gasteiger partial charge in [0.05, 0.1) is 16.3 Å². The number of nitrogens with one attached hydrogen (secondary N) is 1. The van der Waals surface area contributed by atoms with E-state index < -0.39 is 5.25 Å². The van der Waals surface area contributed by atoms with Crippen molar-refractivity contribution in [3.8, 4) is 5.69 Å². The summed E-state index contributed by atoms with van der Waals surface area (Å²) in [7, 11) is 0. The fourth-order valence-electron chi connectivity index (χ4n) is 2.92. The van der Waals surface area contributed by atoms with E-state index in [0.717, 1.165) is 11.3 Å². The Morgan fingerprint density at radius 3 is 2.52 bits per heavy atom. The molecule has 0 spiro atoms. The Bertz CT molecular complexity index is 1190. The van der Waals surface area contributed by atoms with Crippen LogP contribution in [-0.2, 0) is 11.3 Å². The number of carbonyl (C=O) groups is 1. The minimum Gasteiger partial charge on any atom is -0.351 e. The van der Waals surface area contributed by atoms with Crippen LogP contribution in [0.4, 0.5) is 0 Å². The zero-order valence-corrected chi connectivity index (χ0v) is 17.4. The van der Waals surface area contributed by atoms with Crippen molar-refractivity contribution >= 4 is 39.2 Å². The molecule has 2 aromatic carbocycles. The molecule has 0 saturated carbocycles. The lowest BCUT2D eigenvalue weighted by atomic mass is 10.2. The molecule has 1 atom stereocenters. The molecule has 2 heterocycles. The van der Waals surface area contributed by atoms with Gasteiger partial charge in [0, 0.05) is 6.54 Å². The molecule has 1 unspecified atom stereocenters. The van der Waals surface area contributed by atoms with E-state index in [4.69, 9.17) is 0 Å². The number of amides is 1. The molecule has 0 bridgehead atoms. The van der Waals surface area contributed by atoms with E-state index >= 15 is 0 Å². The monoisotopic (exact) mass is 421 g/mol. The zero-order chi connectivity index (χ0) is 20.2. The molecular weight excluding hydrogens is 402 g/mol. The Morgan fingerprint density at radius 1 is 1.10 bits per heavy atom. The molecule has 7 heteroatoms. The predicted octanol–water partition coefficient (Wildman–Crippen LogP) is 4.24. The van der Waals surface area contributed by atoms with Crippen molar-refractivity contribution in [2.75, 3.05) is 0 Å². The van der Waals surface area contributed by atoms with Crippen LogP contribution in [0.1, 0.15) is 12.5 Å². The number of aromatic nitrogens is 2. The first-order valence-electron chi connectivity index (χ1n) is 9.17. The Kier molecular flexibility index (Phi) is 5.78. The molecule has 0 fully saturated rings. The summed E-state index contributed by atoms with van der Waals surface area (Å²) in [5, 5.41) is 5.51. The van der Waals surface area contributed by atoms with E-state index in [0.29, 0.717) is 21.9 Å². The fourth-order valence-corrected chi connectivity index (χ4v) is 4.68. The molecule has 0 aliphatic rings. The molecule has 0 aliphatic carbocycles. The number of thiophene rings is 1. The Balaban J connectivity index is 1.61. The maximum Gasteiger partial charge on any atom is 0.267 e. The molecule has 146 valence electrons. The van der Waals surface area contributed by atoms with E-state index in [2.05, 4.69) is 10.3 Å². The van der Waals surface area contributed by atoms with Gasteiger partial charge in [0.2, 0.25) is 5.91 Å². The highest BCUT2D eigenvalue weighted by Gasteiger charge is 2.20. The standard InChI is InChI=1S/C22H19N3O2S2/c1-15(19(26)23-14-16-8-4-2-5-9-16)29-22-24-20-18(12-13-28-20)21(27)25(22)17-10-6-3-7-11-17/h2-13,15H,14H2,1H3,(H,23,26). The van der Waals surface area contributed by atoms with Gasteiger partial charge in [-0.15, -0.1) is 11.3 Å². The first kappa shape index (κ1) is 19.4. The summed E-state index contributed by atoms with van der Waals surface area (Å²) in [6, 6.07) is 21.0. The van der Waals surface area contributed by atoms with Crippen LogP contribution in [0.25, 0.3) is 15.9 Å². The molecule has 0 aliphatic heterocycles. The highest BCUT2D eigenvalue weighted by Crippen LogP contribution is 2.26. The van der Waals surface area contributed by atoms with Crippen molar-refractivity contribution in [2.24, 2.45) is 0 Å². The first-order valence-corrected chi connectivity index (χ1v) is 10.9. The van der Waals surface area contributed by atoms with Gasteiger partial charge in [-0.05, 0) is 36.1 Å². The second-order valence-electron chi connectivity index (χ2n) is 6.47. The molecule has 0 radical (unpaired) electrons. The quantitative estimate of drug-likeness (QED) is 0.374. The van der Waals surface area contributed by atoms with Gasteiger partial charge in [-0.2, -0.15) is 0 Å². The Hall–Kier alpha value is -2.90. The number of carbonyl (C=O) groups excluding carboxylic acids is 1. The molecule has 1 amide bonds. The van der Waals surface area contributed by atoms with Gasteiger partial charge in [0.1, 0.15) is 4.83 Å². The SMILES string of the molecule is CC(Sc1nc2sccc2c(=O)n1-c1ccccc1)C(=O)NCc1ccccc1. The minimum absolute atomic E-state index is 0.0982. The number of hydrogen-bond acceptors (Lipinski definition) is 5. The van der Waals surface area contributed by atoms with E-state index in [9.17, 15) is 9.59 Å². The average molecular weight is 422 g/mol. The van der Waals surface area contributed by atoms with Gasteiger partial charge < -0.3 is 5.32 Å². The smallest absolute Gasteiger partial charge is 0.267 e. The van der Waals surface area contributed by atoms with Crippen molar-refractivity contribution in [1.29, 1.82) is 0 Å². The van der Waals surface area contributed by atoms with Crippen LogP contribution in [-0.4, -0.2) is 20.7 Å². The third kappa shape index (κ3) is 4.26. The number of benzene rings is 2. The third-order valence-electron chi connectivity index (χ3n) is 4.44. The molecule has 2 aromatic heterocycles. The van der Waals surface area contributed by atoms with E-state index in [-0.39, 0.29) is 11.5 Å². The minimum atomic E-state index is -0.405. The fraction of sp³-hybridized carbons (Fsp3) is 0.136. The van der Waals surface area contributed by atoms with Crippen LogP contribution >= 0.6 is 23.1 Å². The summed E-state index contributed by atoms with van der Waals surface area (Å²) in [6.45, 7) is 2.29. The highest BCUT2D eigenvalue weighted by molar-refractivity contribution is 8.00. The molecule has 5 nitrogen and oxygen atoms in total. The Morgan fingerprint density at radius 2 is 1.79 bits per heavy atom. The molecule has 29 heavy (non-hydrogen) atoms. The van der Waals surface area contributed by atoms with Crippen LogP contribution in [0.3, 0.4) is 0 Å². The molecule has 4 aromatic rings. The van der Waals surface area contributed by atoms with Crippen LogP contribution in [0.5, 0.6) is 0 Å². The van der Waals surface area contributed by atoms with Gasteiger partial charge in [-0.3, -0.25) is 14.2 Å². The van der Waals surface area contributed by atoms with Gasteiger partial charge in [0.15, 0.2) is 5.16 Å². The maximum absolute atomic E-state index is 13.1. The second-order valence-corrected chi connectivity index (χ2v) is 8.68. The molecule has 4 rings (SSSR count). The van der Waals surface area contributed by atoms with E-state index in [1.165, 1.54) is 23.1 Å². The number of rotatable bonds is 6. The Labute approximate surface area is 176 Å². The molecular formula is C22H19N3O2S2. The van der Waals surface area contributed by atoms with Crippen molar-refractivity contribution in [3.63, 3.8) is 0 Å². The number of thioether (sulfide) groups is 1. The first-order chi connectivity index (χ1) is 14.1. The summed E-state index contributed by atoms with van der Waals surface area (Å²) in [5.74, 6) is -0.0982. The number of para-hydroxylation sites is 1. The van der Waals surface area contributed by atoms with Crippen LogP contribution in [0, 0.1) is 0 Å². The summed E-state index contributed by atoms with van der Waals surface area (Å²) in [4.78, 5) is 31.1. The highest BCUT2D eigenvalue weighted by atomic mass is 32.2. The van der Waals surface area contributed by atoms with Gasteiger partial charge >= 0.3 is 0 Å². The van der Waals surface area contributed by atoms with E-state index in [1.807, 2.05) is 73.0 Å². The second kappa shape index (κ2) is 8.63. The largest absolute Gasteiger partial charge is 0.351 e. The van der Waals surface area contributed by atoms with Crippen molar-refractivity contribution in [1.82, 2.24) is 14.9 Å². The summed E-state index contributed by atoms with van der Waals surface area (Å²) >= 11 is 2.71. The van der Waals surface area contributed by atoms with Crippen LogP contribution in [0.2, 0.25) is 0 Å². The lowest BCUT2D eigenvalue weighted by Crippen LogP contribution is -2.31. The number of hydrogen-bond donors (Lipinski definition) is 1. The van der Waals surface area contributed by atoms with Gasteiger partial charge in [-0.25, -0.2) is 4.98 Å². The predicted molar refractivity (Wildman–Crippen MR) is 119 cm³/mol. The number of fused-ring (bicyclic) bond motifs is 1. The normalized spacial score (nSPS) is 12.0. The van der Waals surface area contributed by atoms with Gasteiger partial charge in [0.25, 0.3) is 5.56 Å². The zero-order valence-electron chi connectivity index (χ0n) is 15.7. The summed E-state index contributed by atoms with van der Waals surface area (Å²) in [6.07, 6.45) is 0. The van der Waals surface area contributed by atoms with Crippen LogP contribution in [0.15, 0.2) is 82.1 Å². The summed E-state index contributed by atoms with van der Waals surface area (Å²) in [5.41, 5.74) is 1.65. The lowest BCUT2D eigenvalue weighted by molar-refractivity contribution is -0.120. The lowest BCUT2D eigenvalue weighted by Gasteiger charge is -2.15. The topological polar surface area (TPSA) is 64.0 Å². The third-order valence-corrected chi connectivity index (χ3v) is 6.30. The van der Waals surface area contributed by atoms with Crippen molar-refractivity contribution in [2.45, 2.75) is 23.9 Å². The maximum atomic E-state index is 13.1. The van der Waals surface area contributed by atoms with Crippen molar-refractivity contribution in [3.05, 3.63) is 88.0 Å². The molecule has 0 saturated heterocycles. The van der Waals surface area contributed by atoms with Gasteiger partial charge in [-0.1, -0.05) is 60.3 Å². The number of nitrogens with zero attached hydrogens (tertiary/aromatic N) is 2. The van der Waals surface area contributed by atoms with Crippen molar-refractivity contribution < 1.29 is 4.79 Å². The molecule has 1 N–H and O–H groups in total.